The Morgan fingerprint density at radius 1 is 0.466 bits per heavy atom. The van der Waals surface area contributed by atoms with Crippen molar-refractivity contribution in [2.45, 2.75) is 20.5 Å². The minimum atomic E-state index is 0.00700. The quantitative estimate of drug-likeness (QED) is 0.126. The number of anilines is 5. The van der Waals surface area contributed by atoms with Gasteiger partial charge in [-0.25, -0.2) is 0 Å². The summed E-state index contributed by atoms with van der Waals surface area (Å²) in [6.07, 6.45) is 10.8. The van der Waals surface area contributed by atoms with Crippen molar-refractivity contribution in [1.29, 1.82) is 0 Å². The summed E-state index contributed by atoms with van der Waals surface area (Å²) in [4.78, 5) is 4.57. The molecule has 0 radical (unpaired) electrons. The van der Waals surface area contributed by atoms with Crippen LogP contribution in [0.2, 0.25) is 0 Å². The number of fused-ring (bicyclic) bond motifs is 1. The zero-order chi connectivity index (χ0) is 39.7. The smallest absolute Gasteiger partial charge is 0.0681 e. The second kappa shape index (κ2) is 17.7. The van der Waals surface area contributed by atoms with Crippen LogP contribution in [0.5, 0.6) is 0 Å². The lowest BCUT2D eigenvalue weighted by atomic mass is 9.98. The lowest BCUT2D eigenvalue weighted by Crippen LogP contribution is -2.10. The fourth-order valence-corrected chi connectivity index (χ4v) is 7.27. The monoisotopic (exact) mass is 750 g/mol. The predicted molar refractivity (Wildman–Crippen MR) is 247 cm³/mol. The molecule has 3 heteroatoms. The van der Waals surface area contributed by atoms with Gasteiger partial charge in [0, 0.05) is 39.9 Å². The van der Waals surface area contributed by atoms with Gasteiger partial charge in [-0.05, 0) is 102 Å². The molecule has 0 aliphatic rings. The molecule has 0 saturated carbocycles. The molecule has 0 unspecified atom stereocenters. The minimum Gasteiger partial charge on any atom is -0.392 e. The fourth-order valence-electron chi connectivity index (χ4n) is 7.27. The van der Waals surface area contributed by atoms with Crippen LogP contribution in [0.4, 0.5) is 28.4 Å². The lowest BCUT2D eigenvalue weighted by molar-refractivity contribution is 0.282. The summed E-state index contributed by atoms with van der Waals surface area (Å²) in [6, 6.07) is 68.3. The molecule has 3 nitrogen and oxygen atoms in total. The van der Waals surface area contributed by atoms with Gasteiger partial charge in [0.05, 0.1) is 12.3 Å². The SMILES string of the molecule is Cc1ccc(N(c2ccc(C)cc2)c2ccc(/C=C/C=C/c3ccc(N(C=C(c4ccccc4)c4ccccc4)c4ccc(CO)cc4)cc3)c3ccccc23)cc1. The van der Waals surface area contributed by atoms with Gasteiger partial charge in [0.15, 0.2) is 0 Å². The number of aryl methyl sites for hydroxylation is 2. The van der Waals surface area contributed by atoms with E-state index in [0.29, 0.717) is 0 Å². The Hall–Kier alpha value is -7.20. The van der Waals surface area contributed by atoms with Gasteiger partial charge in [0.25, 0.3) is 0 Å². The summed E-state index contributed by atoms with van der Waals surface area (Å²) in [6.45, 7) is 4.26. The molecule has 0 aromatic heterocycles. The summed E-state index contributed by atoms with van der Waals surface area (Å²) in [5, 5.41) is 12.1. The van der Waals surface area contributed by atoms with Crippen LogP contribution in [0.3, 0.4) is 0 Å². The number of rotatable bonds is 12. The van der Waals surface area contributed by atoms with Gasteiger partial charge in [-0.1, -0.05) is 175 Å². The maximum atomic E-state index is 9.74. The van der Waals surface area contributed by atoms with Crippen molar-refractivity contribution in [3.05, 3.63) is 251 Å². The van der Waals surface area contributed by atoms with Crippen LogP contribution in [0.25, 0.3) is 28.5 Å². The molecule has 8 rings (SSSR count). The van der Waals surface area contributed by atoms with Crippen LogP contribution in [0.1, 0.15) is 38.9 Å². The van der Waals surface area contributed by atoms with Crippen molar-refractivity contribution in [3.63, 3.8) is 0 Å². The molecule has 8 aromatic carbocycles. The van der Waals surface area contributed by atoms with Crippen molar-refractivity contribution in [2.75, 3.05) is 9.80 Å². The number of aliphatic hydroxyl groups is 1. The van der Waals surface area contributed by atoms with Gasteiger partial charge in [-0.15, -0.1) is 0 Å². The van der Waals surface area contributed by atoms with Crippen LogP contribution >= 0.6 is 0 Å². The summed E-state index contributed by atoms with van der Waals surface area (Å²) in [5.41, 5.74) is 14.4. The third kappa shape index (κ3) is 8.61. The highest BCUT2D eigenvalue weighted by Crippen LogP contribution is 2.40. The molecule has 0 bridgehead atoms. The zero-order valence-corrected chi connectivity index (χ0v) is 32.9. The molecule has 0 fully saturated rings. The van der Waals surface area contributed by atoms with Crippen LogP contribution in [-0.2, 0) is 6.61 Å². The van der Waals surface area contributed by atoms with E-state index in [9.17, 15) is 5.11 Å². The first kappa shape index (κ1) is 37.7. The van der Waals surface area contributed by atoms with Crippen LogP contribution in [0, 0.1) is 13.8 Å². The molecule has 0 saturated heterocycles. The molecule has 0 heterocycles. The Morgan fingerprint density at radius 2 is 0.948 bits per heavy atom. The molecule has 0 amide bonds. The molecule has 58 heavy (non-hydrogen) atoms. The van der Waals surface area contributed by atoms with Crippen molar-refractivity contribution in [3.8, 4) is 0 Å². The minimum absolute atomic E-state index is 0.00700. The van der Waals surface area contributed by atoms with Gasteiger partial charge < -0.3 is 14.9 Å². The molecule has 1 N–H and O–H groups in total. The van der Waals surface area contributed by atoms with Crippen LogP contribution in [0.15, 0.2) is 212 Å². The highest BCUT2D eigenvalue weighted by Gasteiger charge is 2.17. The van der Waals surface area contributed by atoms with E-state index in [4.69, 9.17) is 0 Å². The summed E-state index contributed by atoms with van der Waals surface area (Å²) in [7, 11) is 0. The Labute approximate surface area is 342 Å². The fraction of sp³-hybridized carbons (Fsp3) is 0.0545. The Morgan fingerprint density at radius 3 is 1.50 bits per heavy atom. The number of nitrogens with zero attached hydrogens (tertiary/aromatic N) is 2. The molecule has 0 spiro atoms. The highest BCUT2D eigenvalue weighted by molar-refractivity contribution is 6.03. The first-order valence-corrected chi connectivity index (χ1v) is 19.8. The number of hydrogen-bond acceptors (Lipinski definition) is 3. The predicted octanol–water partition coefficient (Wildman–Crippen LogP) is 14.4. The third-order valence-corrected chi connectivity index (χ3v) is 10.4. The van der Waals surface area contributed by atoms with Crippen LogP contribution < -0.4 is 9.80 Å². The first-order chi connectivity index (χ1) is 28.5. The van der Waals surface area contributed by atoms with E-state index in [1.165, 1.54) is 21.9 Å². The number of hydrogen-bond donors (Lipinski definition) is 1. The van der Waals surface area contributed by atoms with E-state index in [2.05, 4.69) is 224 Å². The average Bonchev–Trinajstić information content (AvgIpc) is 3.28. The Bertz CT molecular complexity index is 2590. The van der Waals surface area contributed by atoms with E-state index >= 15 is 0 Å². The summed E-state index contributed by atoms with van der Waals surface area (Å²) in [5.74, 6) is 0. The average molecular weight is 751 g/mol. The van der Waals surface area contributed by atoms with Gasteiger partial charge in [0.2, 0.25) is 0 Å². The molecule has 8 aromatic rings. The summed E-state index contributed by atoms with van der Waals surface area (Å²) < 4.78 is 0. The normalized spacial score (nSPS) is 11.3. The van der Waals surface area contributed by atoms with E-state index < -0.39 is 0 Å². The Kier molecular flexibility index (Phi) is 11.5. The third-order valence-electron chi connectivity index (χ3n) is 10.4. The van der Waals surface area contributed by atoms with Crippen molar-refractivity contribution < 1.29 is 5.11 Å². The maximum Gasteiger partial charge on any atom is 0.0681 e. The topological polar surface area (TPSA) is 26.7 Å². The molecular weight excluding hydrogens is 705 g/mol. The molecule has 282 valence electrons. The number of allylic oxidation sites excluding steroid dienone is 2. The molecule has 0 aliphatic carbocycles. The number of benzene rings is 8. The molecule has 0 aliphatic heterocycles. The van der Waals surface area contributed by atoms with Gasteiger partial charge in [-0.2, -0.15) is 0 Å². The van der Waals surface area contributed by atoms with Gasteiger partial charge in [-0.3, -0.25) is 0 Å². The molecule has 0 atom stereocenters. The zero-order valence-electron chi connectivity index (χ0n) is 32.9. The largest absolute Gasteiger partial charge is 0.392 e. The first-order valence-electron chi connectivity index (χ1n) is 19.8. The van der Waals surface area contributed by atoms with E-state index in [-0.39, 0.29) is 6.61 Å². The van der Waals surface area contributed by atoms with E-state index in [1.807, 2.05) is 24.3 Å². The van der Waals surface area contributed by atoms with E-state index in [0.717, 1.165) is 61.8 Å². The second-order valence-electron chi connectivity index (χ2n) is 14.5. The summed E-state index contributed by atoms with van der Waals surface area (Å²) >= 11 is 0. The van der Waals surface area contributed by atoms with Crippen molar-refractivity contribution in [1.82, 2.24) is 0 Å². The number of aliphatic hydroxyl groups excluding tert-OH is 1. The van der Waals surface area contributed by atoms with Crippen LogP contribution in [-0.4, -0.2) is 5.11 Å². The Balaban J connectivity index is 1.08. The van der Waals surface area contributed by atoms with Gasteiger partial charge in [0.1, 0.15) is 0 Å². The molecular formula is C55H46N2O. The van der Waals surface area contributed by atoms with Crippen molar-refractivity contribution >= 4 is 56.9 Å². The lowest BCUT2D eigenvalue weighted by Gasteiger charge is -2.27. The van der Waals surface area contributed by atoms with Gasteiger partial charge >= 0.3 is 0 Å². The highest BCUT2D eigenvalue weighted by atomic mass is 16.3. The second-order valence-corrected chi connectivity index (χ2v) is 14.5. The van der Waals surface area contributed by atoms with E-state index in [1.54, 1.807) is 0 Å². The van der Waals surface area contributed by atoms with Crippen molar-refractivity contribution in [2.24, 2.45) is 0 Å². The standard InChI is InChI=1S/C55H46N2O/c1-41-21-30-50(31-22-41)57(51-32-23-42(2)24-33-51)55-38-29-47(52-19-11-12-20-53(52)55)18-10-9-13-43-25-34-48(35-26-43)56(49-36-27-44(40-58)28-37-49)39-54(45-14-5-3-6-15-45)46-16-7-4-8-17-46/h3-39,58H,40H2,1-2H3/b13-9+,18-10+. The maximum absolute atomic E-state index is 9.74.